The van der Waals surface area contributed by atoms with Gasteiger partial charge in [0.25, 0.3) is 0 Å². The summed E-state index contributed by atoms with van der Waals surface area (Å²) in [5.41, 5.74) is 3.10. The van der Waals surface area contributed by atoms with Gasteiger partial charge in [0.1, 0.15) is 16.9 Å². The fourth-order valence-electron chi connectivity index (χ4n) is 4.30. The minimum Gasteiger partial charge on any atom is -0.493 e. The van der Waals surface area contributed by atoms with Crippen LogP contribution in [-0.2, 0) is 24.4 Å². The van der Waals surface area contributed by atoms with E-state index in [1.807, 2.05) is 69.3 Å². The highest BCUT2D eigenvalue weighted by Gasteiger charge is 2.21. The van der Waals surface area contributed by atoms with Crippen LogP contribution in [0.15, 0.2) is 67.0 Å². The molecule has 0 aliphatic rings. The summed E-state index contributed by atoms with van der Waals surface area (Å²) in [6.07, 6.45) is 3.02. The number of nitrogens with one attached hydrogen (secondary N) is 1. The molecule has 4 rings (SSSR count). The third-order valence-electron chi connectivity index (χ3n) is 5.97. The van der Waals surface area contributed by atoms with Crippen molar-refractivity contribution in [1.82, 2.24) is 19.9 Å². The minimum atomic E-state index is -0.637. The van der Waals surface area contributed by atoms with E-state index in [0.717, 1.165) is 22.5 Å². The standard InChI is InChI=1S/C32H39N5O4/c1-22(2)21-40-28-17-25(20-37(18-23-11-7-9-15-33-23)19-24-12-8-10-16-34-24)35-29-26(28)13-14-27(30(29)39-6)36-31(38)41-32(3,4)5/h7-17,22H,18-21H2,1-6H3,(H,36,38). The van der Waals surface area contributed by atoms with E-state index < -0.39 is 11.7 Å². The maximum atomic E-state index is 12.6. The minimum absolute atomic E-state index is 0.335. The van der Waals surface area contributed by atoms with Gasteiger partial charge in [0.2, 0.25) is 0 Å². The second-order valence-corrected chi connectivity index (χ2v) is 11.3. The molecule has 0 saturated carbocycles. The number of pyridine rings is 3. The Kier molecular flexibility index (Phi) is 9.73. The largest absolute Gasteiger partial charge is 0.493 e. The van der Waals surface area contributed by atoms with E-state index in [4.69, 9.17) is 19.2 Å². The molecule has 1 amide bonds. The molecule has 0 radical (unpaired) electrons. The van der Waals surface area contributed by atoms with E-state index in [9.17, 15) is 4.79 Å². The molecule has 9 heteroatoms. The fraction of sp³-hybridized carbons (Fsp3) is 0.375. The Labute approximate surface area is 241 Å². The van der Waals surface area contributed by atoms with Crippen LogP contribution < -0.4 is 14.8 Å². The van der Waals surface area contributed by atoms with Gasteiger partial charge in [-0.2, -0.15) is 0 Å². The van der Waals surface area contributed by atoms with Gasteiger partial charge in [0, 0.05) is 43.5 Å². The molecule has 216 valence electrons. The van der Waals surface area contributed by atoms with E-state index in [1.54, 1.807) is 25.6 Å². The number of ether oxygens (including phenoxy) is 3. The Morgan fingerprint density at radius 3 is 2.10 bits per heavy atom. The molecule has 41 heavy (non-hydrogen) atoms. The lowest BCUT2D eigenvalue weighted by atomic mass is 10.1. The molecule has 3 heterocycles. The number of rotatable bonds is 11. The first-order valence-corrected chi connectivity index (χ1v) is 13.8. The lowest BCUT2D eigenvalue weighted by Gasteiger charge is -2.23. The van der Waals surface area contributed by atoms with Crippen LogP contribution in [0.5, 0.6) is 11.5 Å². The Morgan fingerprint density at radius 1 is 0.927 bits per heavy atom. The first kappa shape index (κ1) is 29.7. The summed E-state index contributed by atoms with van der Waals surface area (Å²) in [6, 6.07) is 17.4. The zero-order valence-corrected chi connectivity index (χ0v) is 24.7. The van der Waals surface area contributed by atoms with Gasteiger partial charge in [-0.25, -0.2) is 9.78 Å². The Morgan fingerprint density at radius 2 is 1.56 bits per heavy atom. The summed E-state index contributed by atoms with van der Waals surface area (Å²) in [6.45, 7) is 11.9. The normalized spacial score (nSPS) is 11.6. The molecule has 0 unspecified atom stereocenters. The van der Waals surface area contributed by atoms with Crippen LogP contribution in [0.2, 0.25) is 0 Å². The van der Waals surface area contributed by atoms with Crippen LogP contribution in [0.25, 0.3) is 10.9 Å². The van der Waals surface area contributed by atoms with Crippen LogP contribution in [0.3, 0.4) is 0 Å². The molecule has 0 fully saturated rings. The van der Waals surface area contributed by atoms with Gasteiger partial charge < -0.3 is 14.2 Å². The second-order valence-electron chi connectivity index (χ2n) is 11.3. The maximum absolute atomic E-state index is 12.6. The highest BCUT2D eigenvalue weighted by molar-refractivity contribution is 5.98. The molecule has 1 N–H and O–H groups in total. The smallest absolute Gasteiger partial charge is 0.412 e. The summed E-state index contributed by atoms with van der Waals surface area (Å²) < 4.78 is 17.5. The molecule has 0 aliphatic carbocycles. The zero-order valence-electron chi connectivity index (χ0n) is 24.7. The van der Waals surface area contributed by atoms with Crippen molar-refractivity contribution >= 4 is 22.7 Å². The number of hydrogen-bond acceptors (Lipinski definition) is 8. The van der Waals surface area contributed by atoms with Crippen molar-refractivity contribution in [3.05, 3.63) is 84.1 Å². The highest BCUT2D eigenvalue weighted by atomic mass is 16.6. The molecule has 4 aromatic rings. The number of methoxy groups -OCH3 is 1. The van der Waals surface area contributed by atoms with Gasteiger partial charge >= 0.3 is 6.09 Å². The van der Waals surface area contributed by atoms with E-state index in [1.165, 1.54) is 0 Å². The van der Waals surface area contributed by atoms with Crippen molar-refractivity contribution in [3.63, 3.8) is 0 Å². The van der Waals surface area contributed by atoms with Gasteiger partial charge in [-0.15, -0.1) is 0 Å². The molecule has 0 spiro atoms. The second kappa shape index (κ2) is 13.4. The van der Waals surface area contributed by atoms with E-state index in [0.29, 0.717) is 54.9 Å². The van der Waals surface area contributed by atoms with Gasteiger partial charge in [-0.05, 0) is 63.1 Å². The number of aromatic nitrogens is 3. The number of hydrogen-bond donors (Lipinski definition) is 1. The summed E-state index contributed by atoms with van der Waals surface area (Å²) >= 11 is 0. The molecule has 0 bridgehead atoms. The summed E-state index contributed by atoms with van der Waals surface area (Å²) in [5.74, 6) is 1.48. The quantitative estimate of drug-likeness (QED) is 0.220. The van der Waals surface area contributed by atoms with Gasteiger partial charge in [-0.3, -0.25) is 20.2 Å². The number of fused-ring (bicyclic) bond motifs is 1. The first-order chi connectivity index (χ1) is 19.6. The van der Waals surface area contributed by atoms with Gasteiger partial charge in [-0.1, -0.05) is 26.0 Å². The van der Waals surface area contributed by atoms with Crippen molar-refractivity contribution in [1.29, 1.82) is 0 Å². The summed E-state index contributed by atoms with van der Waals surface area (Å²) in [7, 11) is 1.56. The lowest BCUT2D eigenvalue weighted by Crippen LogP contribution is -2.27. The van der Waals surface area contributed by atoms with Crippen molar-refractivity contribution < 1.29 is 19.0 Å². The summed E-state index contributed by atoms with van der Waals surface area (Å²) in [4.78, 5) is 28.9. The molecule has 9 nitrogen and oxygen atoms in total. The van der Waals surface area contributed by atoms with Crippen molar-refractivity contribution in [3.8, 4) is 11.5 Å². The van der Waals surface area contributed by atoms with Crippen LogP contribution in [0.1, 0.15) is 51.7 Å². The number of carbonyl (C=O) groups is 1. The molecular weight excluding hydrogens is 518 g/mol. The summed E-state index contributed by atoms with van der Waals surface area (Å²) in [5, 5.41) is 3.61. The number of benzene rings is 1. The molecule has 0 saturated heterocycles. The monoisotopic (exact) mass is 557 g/mol. The predicted octanol–water partition coefficient (Wildman–Crippen LogP) is 6.62. The zero-order chi connectivity index (χ0) is 29.4. The Balaban J connectivity index is 1.74. The third kappa shape index (κ3) is 8.62. The molecule has 0 aliphatic heterocycles. The van der Waals surface area contributed by atoms with E-state index in [-0.39, 0.29) is 0 Å². The van der Waals surface area contributed by atoms with Crippen molar-refractivity contribution in [2.45, 2.75) is 59.9 Å². The predicted molar refractivity (Wildman–Crippen MR) is 160 cm³/mol. The Bertz CT molecular complexity index is 1400. The van der Waals surface area contributed by atoms with Crippen LogP contribution >= 0.6 is 0 Å². The third-order valence-corrected chi connectivity index (χ3v) is 5.97. The Hall–Kier alpha value is -4.24. The van der Waals surface area contributed by atoms with E-state index in [2.05, 4.69) is 34.0 Å². The van der Waals surface area contributed by atoms with Gasteiger partial charge in [0.05, 0.1) is 36.5 Å². The van der Waals surface area contributed by atoms with Gasteiger partial charge in [0.15, 0.2) is 5.75 Å². The van der Waals surface area contributed by atoms with Crippen molar-refractivity contribution in [2.24, 2.45) is 5.92 Å². The average Bonchev–Trinajstić information content (AvgIpc) is 2.91. The van der Waals surface area contributed by atoms with Crippen LogP contribution in [0.4, 0.5) is 10.5 Å². The first-order valence-electron chi connectivity index (χ1n) is 13.8. The van der Waals surface area contributed by atoms with Crippen LogP contribution in [-0.4, -0.2) is 45.3 Å². The number of nitrogens with zero attached hydrogens (tertiary/aromatic N) is 4. The highest BCUT2D eigenvalue weighted by Crippen LogP contribution is 2.38. The maximum Gasteiger partial charge on any atom is 0.412 e. The SMILES string of the molecule is COc1c(NC(=O)OC(C)(C)C)ccc2c(OCC(C)C)cc(CN(Cc3ccccn3)Cc3ccccn3)nc12. The van der Waals surface area contributed by atoms with E-state index >= 15 is 0 Å². The molecule has 0 atom stereocenters. The van der Waals surface area contributed by atoms with Crippen molar-refractivity contribution in [2.75, 3.05) is 19.0 Å². The number of anilines is 1. The molecule has 1 aromatic carbocycles. The average molecular weight is 558 g/mol. The fourth-order valence-corrected chi connectivity index (χ4v) is 4.30. The number of amides is 1. The molecule has 3 aromatic heterocycles. The lowest BCUT2D eigenvalue weighted by molar-refractivity contribution is 0.0635. The number of carbonyl (C=O) groups excluding carboxylic acids is 1. The van der Waals surface area contributed by atoms with Crippen LogP contribution in [0, 0.1) is 5.92 Å². The topological polar surface area (TPSA) is 98.7 Å². The molecular formula is C32H39N5O4.